The highest BCUT2D eigenvalue weighted by atomic mass is 35.5. The number of hydrogen-bond acceptors (Lipinski definition) is 4. The van der Waals surface area contributed by atoms with Gasteiger partial charge in [-0.25, -0.2) is 9.97 Å². The molecular formula is C16H16Cl2N4O. The summed E-state index contributed by atoms with van der Waals surface area (Å²) in [5.74, 6) is 0.466. The molecule has 2 aromatic rings. The van der Waals surface area contributed by atoms with E-state index in [0.717, 1.165) is 18.9 Å². The van der Waals surface area contributed by atoms with Crippen LogP contribution in [0.25, 0.3) is 0 Å². The van der Waals surface area contributed by atoms with Crippen molar-refractivity contribution < 1.29 is 4.79 Å². The molecule has 0 saturated carbocycles. The van der Waals surface area contributed by atoms with Crippen LogP contribution in [0.15, 0.2) is 30.6 Å². The molecule has 1 saturated heterocycles. The summed E-state index contributed by atoms with van der Waals surface area (Å²) in [7, 11) is 0. The Morgan fingerprint density at radius 3 is 2.30 bits per heavy atom. The zero-order valence-electron chi connectivity index (χ0n) is 12.4. The lowest BCUT2D eigenvalue weighted by Crippen LogP contribution is -2.30. The molecule has 120 valence electrons. The highest BCUT2D eigenvalue weighted by Crippen LogP contribution is 2.23. The van der Waals surface area contributed by atoms with Crippen LogP contribution in [0.1, 0.15) is 29.8 Å². The van der Waals surface area contributed by atoms with Crippen LogP contribution in [0, 0.1) is 0 Å². The molecule has 0 unspecified atom stereocenters. The smallest absolute Gasteiger partial charge is 0.275 e. The molecule has 0 atom stereocenters. The minimum atomic E-state index is -0.346. The van der Waals surface area contributed by atoms with Crippen LogP contribution < -0.4 is 10.2 Å². The standard InChI is InChI=1S/C16H16Cl2N4O/c17-11-6-12(18)8-13(7-11)21-16(23)14-9-20-15(10-19-14)22-4-2-1-3-5-22/h6-10H,1-5H2,(H,21,23). The molecule has 1 fully saturated rings. The third-order valence-electron chi connectivity index (χ3n) is 3.67. The van der Waals surface area contributed by atoms with Crippen molar-refractivity contribution in [2.75, 3.05) is 23.3 Å². The average molecular weight is 351 g/mol. The summed E-state index contributed by atoms with van der Waals surface area (Å²) in [6.07, 6.45) is 6.72. The van der Waals surface area contributed by atoms with Crippen LogP contribution in [0.2, 0.25) is 10.0 Å². The molecule has 0 bridgehead atoms. The lowest BCUT2D eigenvalue weighted by atomic mass is 10.1. The predicted octanol–water partition coefficient (Wildman–Crippen LogP) is 4.03. The summed E-state index contributed by atoms with van der Waals surface area (Å²) >= 11 is 11.8. The Balaban J connectivity index is 1.69. The molecule has 0 radical (unpaired) electrons. The van der Waals surface area contributed by atoms with Gasteiger partial charge >= 0.3 is 0 Å². The van der Waals surface area contributed by atoms with Crippen LogP contribution in [-0.2, 0) is 0 Å². The van der Waals surface area contributed by atoms with Crippen LogP contribution in [-0.4, -0.2) is 29.0 Å². The number of rotatable bonds is 3. The number of hydrogen-bond donors (Lipinski definition) is 1. The van der Waals surface area contributed by atoms with E-state index >= 15 is 0 Å². The van der Waals surface area contributed by atoms with E-state index in [1.54, 1.807) is 24.4 Å². The number of nitrogens with one attached hydrogen (secondary N) is 1. The number of benzene rings is 1. The maximum atomic E-state index is 12.2. The monoisotopic (exact) mass is 350 g/mol. The molecule has 0 aliphatic carbocycles. The van der Waals surface area contributed by atoms with E-state index in [1.807, 2.05) is 0 Å². The van der Waals surface area contributed by atoms with E-state index in [9.17, 15) is 4.79 Å². The third kappa shape index (κ3) is 4.12. The van der Waals surface area contributed by atoms with E-state index in [1.165, 1.54) is 25.5 Å². The summed E-state index contributed by atoms with van der Waals surface area (Å²) in [5, 5.41) is 3.63. The molecule has 1 aromatic carbocycles. The average Bonchev–Trinajstić information content (AvgIpc) is 2.55. The molecule has 0 spiro atoms. The molecular weight excluding hydrogens is 335 g/mol. The SMILES string of the molecule is O=C(Nc1cc(Cl)cc(Cl)c1)c1cnc(N2CCCCC2)cn1. The van der Waals surface area contributed by atoms with Crippen LogP contribution in [0.3, 0.4) is 0 Å². The molecule has 1 aliphatic heterocycles. The molecule has 23 heavy (non-hydrogen) atoms. The minimum absolute atomic E-state index is 0.252. The van der Waals surface area contributed by atoms with E-state index in [0.29, 0.717) is 15.7 Å². The van der Waals surface area contributed by atoms with Gasteiger partial charge in [0.1, 0.15) is 11.5 Å². The van der Waals surface area contributed by atoms with E-state index in [-0.39, 0.29) is 11.6 Å². The van der Waals surface area contributed by atoms with E-state index < -0.39 is 0 Å². The Labute approximate surface area is 144 Å². The van der Waals surface area contributed by atoms with E-state index in [2.05, 4.69) is 20.2 Å². The predicted molar refractivity (Wildman–Crippen MR) is 92.5 cm³/mol. The Hall–Kier alpha value is -1.85. The van der Waals surface area contributed by atoms with Gasteiger partial charge in [-0.2, -0.15) is 0 Å². The number of anilines is 2. The molecule has 1 aliphatic rings. The Bertz CT molecular complexity index is 679. The molecule has 7 heteroatoms. The topological polar surface area (TPSA) is 58.1 Å². The van der Waals surface area contributed by atoms with Crippen LogP contribution >= 0.6 is 23.2 Å². The molecule has 3 rings (SSSR count). The second kappa shape index (κ2) is 7.15. The lowest BCUT2D eigenvalue weighted by molar-refractivity contribution is 0.102. The summed E-state index contributed by atoms with van der Waals surface area (Å²) < 4.78 is 0. The zero-order valence-corrected chi connectivity index (χ0v) is 13.9. The number of nitrogens with zero attached hydrogens (tertiary/aromatic N) is 3. The van der Waals surface area contributed by atoms with Crippen molar-refractivity contribution in [3.05, 3.63) is 46.3 Å². The first-order chi connectivity index (χ1) is 11.1. The Morgan fingerprint density at radius 1 is 1.00 bits per heavy atom. The molecule has 1 N–H and O–H groups in total. The van der Waals surface area contributed by atoms with Gasteiger partial charge in [0.15, 0.2) is 0 Å². The number of aromatic nitrogens is 2. The first kappa shape index (κ1) is 16.0. The summed E-state index contributed by atoms with van der Waals surface area (Å²) in [6, 6.07) is 4.85. The number of carbonyl (C=O) groups excluding carboxylic acids is 1. The Morgan fingerprint density at radius 2 is 1.70 bits per heavy atom. The Kier molecular flexibility index (Phi) is 4.98. The number of carbonyl (C=O) groups is 1. The zero-order chi connectivity index (χ0) is 16.2. The van der Waals surface area contributed by atoms with Crippen molar-refractivity contribution in [2.24, 2.45) is 0 Å². The van der Waals surface area contributed by atoms with Crippen molar-refractivity contribution in [1.82, 2.24) is 9.97 Å². The largest absolute Gasteiger partial charge is 0.355 e. The van der Waals surface area contributed by atoms with Crippen LogP contribution in [0.4, 0.5) is 11.5 Å². The van der Waals surface area contributed by atoms with Gasteiger partial charge in [0.25, 0.3) is 5.91 Å². The number of piperidine rings is 1. The van der Waals surface area contributed by atoms with Crippen molar-refractivity contribution >= 4 is 40.6 Å². The molecule has 2 heterocycles. The summed E-state index contributed by atoms with van der Waals surface area (Å²) in [6.45, 7) is 1.97. The van der Waals surface area contributed by atoms with Gasteiger partial charge in [-0.05, 0) is 37.5 Å². The highest BCUT2D eigenvalue weighted by molar-refractivity contribution is 6.35. The summed E-state index contributed by atoms with van der Waals surface area (Å²) in [5.41, 5.74) is 0.774. The maximum absolute atomic E-state index is 12.2. The van der Waals surface area contributed by atoms with E-state index in [4.69, 9.17) is 23.2 Å². The van der Waals surface area contributed by atoms with Crippen LogP contribution in [0.5, 0.6) is 0 Å². The van der Waals surface area contributed by atoms with Gasteiger partial charge in [-0.3, -0.25) is 4.79 Å². The van der Waals surface area contributed by atoms with Gasteiger partial charge in [-0.15, -0.1) is 0 Å². The van der Waals surface area contributed by atoms with Gasteiger partial charge in [-0.1, -0.05) is 23.2 Å². The lowest BCUT2D eigenvalue weighted by Gasteiger charge is -2.27. The first-order valence-corrected chi connectivity index (χ1v) is 8.22. The number of amides is 1. The summed E-state index contributed by atoms with van der Waals surface area (Å²) in [4.78, 5) is 23.0. The second-order valence-corrected chi connectivity index (χ2v) is 6.29. The normalized spacial score (nSPS) is 14.6. The van der Waals surface area contributed by atoms with Gasteiger partial charge < -0.3 is 10.2 Å². The molecule has 1 aromatic heterocycles. The minimum Gasteiger partial charge on any atom is -0.355 e. The number of halogens is 2. The first-order valence-electron chi connectivity index (χ1n) is 7.46. The second-order valence-electron chi connectivity index (χ2n) is 5.42. The molecule has 1 amide bonds. The van der Waals surface area contributed by atoms with Gasteiger partial charge in [0, 0.05) is 28.8 Å². The van der Waals surface area contributed by atoms with Crippen molar-refractivity contribution in [3.8, 4) is 0 Å². The fourth-order valence-electron chi connectivity index (χ4n) is 2.55. The fraction of sp³-hybridized carbons (Fsp3) is 0.312. The maximum Gasteiger partial charge on any atom is 0.275 e. The third-order valence-corrected chi connectivity index (χ3v) is 4.11. The fourth-order valence-corrected chi connectivity index (χ4v) is 3.07. The highest BCUT2D eigenvalue weighted by Gasteiger charge is 2.14. The van der Waals surface area contributed by atoms with Crippen molar-refractivity contribution in [3.63, 3.8) is 0 Å². The molecule has 5 nitrogen and oxygen atoms in total. The van der Waals surface area contributed by atoms with Crippen molar-refractivity contribution in [1.29, 1.82) is 0 Å². The quantitative estimate of drug-likeness (QED) is 0.907. The van der Waals surface area contributed by atoms with Gasteiger partial charge in [0.05, 0.1) is 12.4 Å². The van der Waals surface area contributed by atoms with Gasteiger partial charge in [0.2, 0.25) is 0 Å². The van der Waals surface area contributed by atoms with Crippen molar-refractivity contribution in [2.45, 2.75) is 19.3 Å².